The summed E-state index contributed by atoms with van der Waals surface area (Å²) in [4.78, 5) is 8.07. The first-order valence-corrected chi connectivity index (χ1v) is 7.98. The summed E-state index contributed by atoms with van der Waals surface area (Å²) in [5.41, 5.74) is 1.00. The summed E-state index contributed by atoms with van der Waals surface area (Å²) >= 11 is 1.74. The van der Waals surface area contributed by atoms with E-state index in [4.69, 9.17) is 5.11 Å². The van der Waals surface area contributed by atoms with Gasteiger partial charge in [-0.3, -0.25) is 10.00 Å². The van der Waals surface area contributed by atoms with Gasteiger partial charge >= 0.3 is 0 Å². The van der Waals surface area contributed by atoms with Crippen LogP contribution in [0.1, 0.15) is 35.0 Å². The summed E-state index contributed by atoms with van der Waals surface area (Å²) < 4.78 is 0. The van der Waals surface area contributed by atoms with Crippen LogP contribution in [0, 0.1) is 11.8 Å². The van der Waals surface area contributed by atoms with E-state index in [9.17, 15) is 0 Å². The molecule has 110 valence electrons. The lowest BCUT2D eigenvalue weighted by atomic mass is 9.96. The number of rotatable bonds is 3. The van der Waals surface area contributed by atoms with Gasteiger partial charge in [0.1, 0.15) is 18.8 Å². The Morgan fingerprint density at radius 2 is 2.29 bits per heavy atom. The standard InChI is InChI=1S/C15H18N4OS/c20-7-1-2-12-8-14(21-10-12)9-19-5-3-13(4-6-19)15-16-11-17-18-15/h8,10-11,13,20H,3-7,9H2,(H,16,17,18). The molecule has 1 saturated heterocycles. The monoisotopic (exact) mass is 302 g/mol. The van der Waals surface area contributed by atoms with E-state index >= 15 is 0 Å². The molecule has 0 aliphatic carbocycles. The van der Waals surface area contributed by atoms with Gasteiger partial charge in [0.2, 0.25) is 0 Å². The van der Waals surface area contributed by atoms with Gasteiger partial charge in [0, 0.05) is 28.3 Å². The minimum atomic E-state index is -0.0830. The SMILES string of the molecule is OCC#Cc1csc(CN2CCC(c3ncn[nH]3)CC2)c1. The van der Waals surface area contributed by atoms with Crippen molar-refractivity contribution in [1.29, 1.82) is 0 Å². The van der Waals surface area contributed by atoms with E-state index in [1.54, 1.807) is 17.7 Å². The van der Waals surface area contributed by atoms with E-state index in [1.165, 1.54) is 4.88 Å². The average Bonchev–Trinajstić information content (AvgIpc) is 3.17. The Morgan fingerprint density at radius 1 is 1.43 bits per heavy atom. The minimum absolute atomic E-state index is 0.0830. The molecule has 0 unspecified atom stereocenters. The molecule has 0 amide bonds. The molecule has 0 aromatic carbocycles. The van der Waals surface area contributed by atoms with Crippen molar-refractivity contribution < 1.29 is 5.11 Å². The molecule has 0 saturated carbocycles. The summed E-state index contributed by atoms with van der Waals surface area (Å²) in [6.07, 6.45) is 3.83. The molecule has 1 aliphatic rings. The number of likely N-dealkylation sites (tertiary alicyclic amines) is 1. The fourth-order valence-corrected chi connectivity index (χ4v) is 3.52. The first-order valence-electron chi connectivity index (χ1n) is 7.10. The van der Waals surface area contributed by atoms with Crippen molar-refractivity contribution in [1.82, 2.24) is 20.1 Å². The predicted octanol–water partition coefficient (Wildman–Crippen LogP) is 1.59. The van der Waals surface area contributed by atoms with Gasteiger partial charge in [-0.25, -0.2) is 4.98 Å². The maximum Gasteiger partial charge on any atom is 0.137 e. The first kappa shape index (κ1) is 14.3. The van der Waals surface area contributed by atoms with Crippen LogP contribution in [0.3, 0.4) is 0 Å². The molecule has 2 aromatic heterocycles. The fourth-order valence-electron chi connectivity index (χ4n) is 2.67. The van der Waals surface area contributed by atoms with Crippen molar-refractivity contribution in [2.45, 2.75) is 25.3 Å². The van der Waals surface area contributed by atoms with Crippen LogP contribution in [0.25, 0.3) is 0 Å². The lowest BCUT2D eigenvalue weighted by molar-refractivity contribution is 0.203. The second-order valence-electron chi connectivity index (χ2n) is 5.18. The van der Waals surface area contributed by atoms with E-state index in [0.717, 1.165) is 43.9 Å². The maximum atomic E-state index is 8.71. The van der Waals surface area contributed by atoms with E-state index in [1.807, 2.05) is 0 Å². The zero-order valence-electron chi connectivity index (χ0n) is 11.7. The number of aliphatic hydroxyl groups excluding tert-OH is 1. The number of nitrogens with one attached hydrogen (secondary N) is 1. The van der Waals surface area contributed by atoms with Crippen molar-refractivity contribution in [3.05, 3.63) is 34.0 Å². The molecule has 5 nitrogen and oxygen atoms in total. The normalized spacial score (nSPS) is 16.6. The summed E-state index contributed by atoms with van der Waals surface area (Å²) in [5.74, 6) is 7.17. The number of piperidine rings is 1. The van der Waals surface area contributed by atoms with E-state index < -0.39 is 0 Å². The van der Waals surface area contributed by atoms with Crippen LogP contribution in [0.4, 0.5) is 0 Å². The molecule has 0 spiro atoms. The lowest BCUT2D eigenvalue weighted by Crippen LogP contribution is -2.32. The number of aromatic amines is 1. The van der Waals surface area contributed by atoms with Crippen LogP contribution in [0.15, 0.2) is 17.8 Å². The second-order valence-corrected chi connectivity index (χ2v) is 6.18. The Labute approximate surface area is 128 Å². The highest BCUT2D eigenvalue weighted by Gasteiger charge is 2.22. The molecule has 1 aliphatic heterocycles. The minimum Gasteiger partial charge on any atom is -0.384 e. The van der Waals surface area contributed by atoms with Gasteiger partial charge in [-0.2, -0.15) is 5.10 Å². The number of nitrogens with zero attached hydrogens (tertiary/aromatic N) is 3. The molecule has 2 aromatic rings. The summed E-state index contributed by atoms with van der Waals surface area (Å²) in [6.45, 7) is 3.07. The van der Waals surface area contributed by atoms with Crippen molar-refractivity contribution in [2.24, 2.45) is 0 Å². The van der Waals surface area contributed by atoms with E-state index in [-0.39, 0.29) is 6.61 Å². The number of H-pyrrole nitrogens is 1. The molecule has 0 bridgehead atoms. The van der Waals surface area contributed by atoms with Gasteiger partial charge in [0.25, 0.3) is 0 Å². The topological polar surface area (TPSA) is 65.0 Å². The van der Waals surface area contributed by atoms with Gasteiger partial charge in [-0.05, 0) is 32.0 Å². The number of aliphatic hydroxyl groups is 1. The van der Waals surface area contributed by atoms with Crippen LogP contribution in [0.5, 0.6) is 0 Å². The molecule has 0 atom stereocenters. The molecule has 6 heteroatoms. The first-order chi connectivity index (χ1) is 10.3. The zero-order valence-corrected chi connectivity index (χ0v) is 12.6. The maximum absolute atomic E-state index is 8.71. The molecule has 3 rings (SSSR count). The molecule has 1 fully saturated rings. The van der Waals surface area contributed by atoms with Crippen molar-refractivity contribution >= 4 is 11.3 Å². The molecule has 21 heavy (non-hydrogen) atoms. The molecular formula is C15H18N4OS. The second kappa shape index (κ2) is 6.85. The number of aromatic nitrogens is 3. The third-order valence-corrected chi connectivity index (χ3v) is 4.67. The molecule has 0 radical (unpaired) electrons. The highest BCUT2D eigenvalue weighted by Crippen LogP contribution is 2.26. The lowest BCUT2D eigenvalue weighted by Gasteiger charge is -2.30. The quantitative estimate of drug-likeness (QED) is 0.845. The Kier molecular flexibility index (Phi) is 4.65. The summed E-state index contributed by atoms with van der Waals surface area (Å²) in [6, 6.07) is 2.12. The predicted molar refractivity (Wildman–Crippen MR) is 81.9 cm³/mol. The number of hydrogen-bond acceptors (Lipinski definition) is 5. The van der Waals surface area contributed by atoms with Crippen molar-refractivity contribution in [3.8, 4) is 11.8 Å². The highest BCUT2D eigenvalue weighted by atomic mass is 32.1. The van der Waals surface area contributed by atoms with Crippen LogP contribution < -0.4 is 0 Å². The number of hydrogen-bond donors (Lipinski definition) is 2. The highest BCUT2D eigenvalue weighted by molar-refractivity contribution is 7.10. The van der Waals surface area contributed by atoms with Crippen molar-refractivity contribution in [2.75, 3.05) is 19.7 Å². The van der Waals surface area contributed by atoms with Gasteiger partial charge in [0.15, 0.2) is 0 Å². The van der Waals surface area contributed by atoms with Gasteiger partial charge in [-0.15, -0.1) is 11.3 Å². The fraction of sp³-hybridized carbons (Fsp3) is 0.467. The molecular weight excluding hydrogens is 284 g/mol. The van der Waals surface area contributed by atoms with Crippen LogP contribution in [-0.2, 0) is 6.54 Å². The summed E-state index contributed by atoms with van der Waals surface area (Å²) in [5, 5.41) is 17.7. The Bertz CT molecular complexity index is 618. The van der Waals surface area contributed by atoms with Crippen LogP contribution in [0.2, 0.25) is 0 Å². The third kappa shape index (κ3) is 3.70. The van der Waals surface area contributed by atoms with E-state index in [0.29, 0.717) is 5.92 Å². The molecule has 2 N–H and O–H groups in total. The van der Waals surface area contributed by atoms with Crippen LogP contribution in [-0.4, -0.2) is 44.9 Å². The average molecular weight is 302 g/mol. The Balaban J connectivity index is 1.52. The third-order valence-electron chi connectivity index (χ3n) is 3.75. The van der Waals surface area contributed by atoms with Gasteiger partial charge < -0.3 is 5.11 Å². The van der Waals surface area contributed by atoms with Crippen LogP contribution >= 0.6 is 11.3 Å². The van der Waals surface area contributed by atoms with Gasteiger partial charge in [0.05, 0.1) is 0 Å². The van der Waals surface area contributed by atoms with E-state index in [2.05, 4.69) is 43.4 Å². The largest absolute Gasteiger partial charge is 0.384 e. The van der Waals surface area contributed by atoms with Gasteiger partial charge in [-0.1, -0.05) is 11.8 Å². The summed E-state index contributed by atoms with van der Waals surface area (Å²) in [7, 11) is 0. The Hall–Kier alpha value is -1.68. The number of thiophene rings is 1. The zero-order chi connectivity index (χ0) is 14.5. The van der Waals surface area contributed by atoms with Crippen molar-refractivity contribution in [3.63, 3.8) is 0 Å². The molecule has 3 heterocycles. The Morgan fingerprint density at radius 3 is 3.00 bits per heavy atom. The smallest absolute Gasteiger partial charge is 0.137 e.